The Morgan fingerprint density at radius 1 is 1.47 bits per heavy atom. The van der Waals surface area contributed by atoms with Crippen molar-refractivity contribution in [3.05, 3.63) is 24.4 Å². The molecule has 7 nitrogen and oxygen atoms in total. The number of pyridine rings is 1. The average Bonchev–Trinajstić information content (AvgIpc) is 2.34. The number of carbonyl (C=O) groups excluding carboxylic acids is 1. The van der Waals surface area contributed by atoms with Crippen LogP contribution in [0, 0.1) is 0 Å². The number of amides is 1. The second kappa shape index (κ2) is 6.44. The Balaban J connectivity index is 2.24. The number of aliphatic carboxylic acids is 1. The molecule has 17 heavy (non-hydrogen) atoms. The van der Waals surface area contributed by atoms with Crippen LogP contribution in [0.3, 0.4) is 0 Å². The molecule has 1 heterocycles. The maximum Gasteiger partial charge on any atom is 0.320 e. The van der Waals surface area contributed by atoms with E-state index in [9.17, 15) is 9.59 Å². The van der Waals surface area contributed by atoms with E-state index in [1.165, 1.54) is 6.92 Å². The van der Waals surface area contributed by atoms with E-state index in [4.69, 9.17) is 5.11 Å². The number of nitrogens with one attached hydrogen (secondary N) is 3. The fraction of sp³-hybridized carbons (Fsp3) is 0.300. The van der Waals surface area contributed by atoms with Crippen LogP contribution in [0.4, 0.5) is 5.82 Å². The summed E-state index contributed by atoms with van der Waals surface area (Å²) in [6.45, 7) is 1.37. The van der Waals surface area contributed by atoms with E-state index >= 15 is 0 Å². The van der Waals surface area contributed by atoms with Gasteiger partial charge in [0.25, 0.3) is 5.91 Å². The van der Waals surface area contributed by atoms with Crippen molar-refractivity contribution in [2.24, 2.45) is 0 Å². The lowest BCUT2D eigenvalue weighted by Gasteiger charge is -2.10. The average molecular weight is 238 g/mol. The van der Waals surface area contributed by atoms with Crippen LogP contribution < -0.4 is 16.2 Å². The number of hydrogen-bond donors (Lipinski definition) is 4. The van der Waals surface area contributed by atoms with Crippen LogP contribution >= 0.6 is 0 Å². The van der Waals surface area contributed by atoms with Gasteiger partial charge in [0.05, 0.1) is 6.54 Å². The predicted octanol–water partition coefficient (Wildman–Crippen LogP) is -0.413. The van der Waals surface area contributed by atoms with Gasteiger partial charge in [-0.05, 0) is 19.1 Å². The minimum absolute atomic E-state index is 0.0900. The summed E-state index contributed by atoms with van der Waals surface area (Å²) in [5, 5.41) is 11.1. The Hall–Kier alpha value is -2.15. The van der Waals surface area contributed by atoms with E-state index in [-0.39, 0.29) is 12.5 Å². The molecule has 0 saturated heterocycles. The molecule has 0 aliphatic heterocycles. The summed E-state index contributed by atoms with van der Waals surface area (Å²) < 4.78 is 0. The van der Waals surface area contributed by atoms with Gasteiger partial charge in [0.1, 0.15) is 11.9 Å². The highest BCUT2D eigenvalue weighted by atomic mass is 16.4. The quantitative estimate of drug-likeness (QED) is 0.502. The number of hydrazine groups is 1. The lowest BCUT2D eigenvalue weighted by atomic mass is 10.3. The van der Waals surface area contributed by atoms with Gasteiger partial charge in [-0.3, -0.25) is 25.8 Å². The monoisotopic (exact) mass is 238 g/mol. The molecule has 0 saturated carbocycles. The molecule has 0 spiro atoms. The molecular formula is C10H14N4O3. The number of aromatic nitrogens is 1. The van der Waals surface area contributed by atoms with Crippen molar-refractivity contribution < 1.29 is 14.7 Å². The van der Waals surface area contributed by atoms with Gasteiger partial charge in [0.2, 0.25) is 0 Å². The molecule has 7 heteroatoms. The van der Waals surface area contributed by atoms with Crippen molar-refractivity contribution >= 4 is 17.7 Å². The maximum absolute atomic E-state index is 11.3. The van der Waals surface area contributed by atoms with Crippen LogP contribution in [-0.4, -0.2) is 34.6 Å². The molecule has 1 aromatic rings. The molecule has 1 rings (SSSR count). The van der Waals surface area contributed by atoms with Gasteiger partial charge in [0.15, 0.2) is 0 Å². The number of nitrogens with zero attached hydrogens (tertiary/aromatic N) is 1. The first-order valence-corrected chi connectivity index (χ1v) is 5.01. The van der Waals surface area contributed by atoms with Crippen LogP contribution in [0.1, 0.15) is 6.92 Å². The Kier molecular flexibility index (Phi) is 4.89. The third kappa shape index (κ3) is 4.94. The molecule has 1 amide bonds. The fourth-order valence-corrected chi connectivity index (χ4v) is 0.948. The third-order valence-electron chi connectivity index (χ3n) is 1.93. The number of carboxylic acids is 1. The van der Waals surface area contributed by atoms with E-state index < -0.39 is 12.0 Å². The molecule has 1 aromatic heterocycles. The largest absolute Gasteiger partial charge is 0.480 e. The Morgan fingerprint density at radius 3 is 2.82 bits per heavy atom. The lowest BCUT2D eigenvalue weighted by Crippen LogP contribution is -2.43. The van der Waals surface area contributed by atoms with E-state index in [1.807, 2.05) is 0 Å². The highest BCUT2D eigenvalue weighted by Gasteiger charge is 2.11. The van der Waals surface area contributed by atoms with Crippen LogP contribution in [0.2, 0.25) is 0 Å². The van der Waals surface area contributed by atoms with E-state index in [2.05, 4.69) is 21.2 Å². The highest BCUT2D eigenvalue weighted by Crippen LogP contribution is 1.96. The summed E-state index contributed by atoms with van der Waals surface area (Å²) in [7, 11) is 0. The Labute approximate surface area is 98.2 Å². The van der Waals surface area contributed by atoms with Gasteiger partial charge in [-0.25, -0.2) is 4.98 Å². The highest BCUT2D eigenvalue weighted by molar-refractivity contribution is 5.80. The van der Waals surface area contributed by atoms with Crippen LogP contribution in [0.15, 0.2) is 24.4 Å². The van der Waals surface area contributed by atoms with Crippen LogP contribution in [0.25, 0.3) is 0 Å². The molecule has 0 aliphatic carbocycles. The molecule has 0 radical (unpaired) electrons. The first kappa shape index (κ1) is 12.9. The minimum Gasteiger partial charge on any atom is -0.480 e. The zero-order valence-electron chi connectivity index (χ0n) is 9.30. The second-order valence-corrected chi connectivity index (χ2v) is 3.33. The van der Waals surface area contributed by atoms with Crippen LogP contribution in [-0.2, 0) is 9.59 Å². The van der Waals surface area contributed by atoms with Crippen molar-refractivity contribution in [3.8, 4) is 0 Å². The Bertz CT molecular complexity index is 382. The third-order valence-corrected chi connectivity index (χ3v) is 1.93. The molecule has 0 bridgehead atoms. The topological polar surface area (TPSA) is 103 Å². The fourth-order valence-electron chi connectivity index (χ4n) is 0.948. The molecule has 0 fully saturated rings. The molecule has 0 unspecified atom stereocenters. The SMILES string of the molecule is C[C@H](NCC(=O)NNc1ccccn1)C(=O)O. The summed E-state index contributed by atoms with van der Waals surface area (Å²) in [5.74, 6) is -0.869. The molecule has 0 aliphatic rings. The molecule has 1 atom stereocenters. The lowest BCUT2D eigenvalue weighted by molar-refractivity contribution is -0.139. The maximum atomic E-state index is 11.3. The van der Waals surface area contributed by atoms with Gasteiger partial charge in [-0.1, -0.05) is 6.07 Å². The van der Waals surface area contributed by atoms with Crippen molar-refractivity contribution in [3.63, 3.8) is 0 Å². The zero-order valence-corrected chi connectivity index (χ0v) is 9.30. The summed E-state index contributed by atoms with van der Waals surface area (Å²) in [4.78, 5) is 25.7. The molecule has 92 valence electrons. The normalized spacial score (nSPS) is 11.6. The summed E-state index contributed by atoms with van der Waals surface area (Å²) in [6, 6.07) is 4.44. The van der Waals surface area contributed by atoms with Crippen molar-refractivity contribution in [1.29, 1.82) is 0 Å². The van der Waals surface area contributed by atoms with Gasteiger partial charge in [-0.2, -0.15) is 0 Å². The van der Waals surface area contributed by atoms with E-state index in [0.29, 0.717) is 5.82 Å². The smallest absolute Gasteiger partial charge is 0.320 e. The van der Waals surface area contributed by atoms with Crippen LogP contribution in [0.5, 0.6) is 0 Å². The van der Waals surface area contributed by atoms with Gasteiger partial charge >= 0.3 is 5.97 Å². The van der Waals surface area contributed by atoms with Gasteiger partial charge < -0.3 is 5.11 Å². The van der Waals surface area contributed by atoms with Crippen molar-refractivity contribution in [2.75, 3.05) is 12.0 Å². The van der Waals surface area contributed by atoms with Crippen molar-refractivity contribution in [2.45, 2.75) is 13.0 Å². The molecule has 4 N–H and O–H groups in total. The summed E-state index contributed by atoms with van der Waals surface area (Å²) >= 11 is 0. The zero-order chi connectivity index (χ0) is 12.7. The minimum atomic E-state index is -1.00. The first-order chi connectivity index (χ1) is 8.09. The van der Waals surface area contributed by atoms with Gasteiger partial charge in [-0.15, -0.1) is 0 Å². The number of carboxylic acid groups (broad SMARTS) is 1. The summed E-state index contributed by atoms with van der Waals surface area (Å²) in [5.41, 5.74) is 4.99. The molecular weight excluding hydrogens is 224 g/mol. The van der Waals surface area contributed by atoms with Crippen molar-refractivity contribution in [1.82, 2.24) is 15.7 Å². The number of anilines is 1. The first-order valence-electron chi connectivity index (χ1n) is 5.01. The van der Waals surface area contributed by atoms with Gasteiger partial charge in [0, 0.05) is 6.20 Å². The number of carbonyl (C=O) groups is 2. The predicted molar refractivity (Wildman–Crippen MR) is 61.1 cm³/mol. The second-order valence-electron chi connectivity index (χ2n) is 3.33. The van der Waals surface area contributed by atoms with E-state index in [1.54, 1.807) is 24.4 Å². The molecule has 0 aromatic carbocycles. The van der Waals surface area contributed by atoms with E-state index in [0.717, 1.165) is 0 Å². The summed E-state index contributed by atoms with van der Waals surface area (Å²) in [6.07, 6.45) is 1.58. The number of hydrogen-bond acceptors (Lipinski definition) is 5. The Morgan fingerprint density at radius 2 is 2.24 bits per heavy atom. The number of rotatable bonds is 6. The standard InChI is InChI=1S/C10H14N4O3/c1-7(10(16)17)12-6-9(15)14-13-8-4-2-3-5-11-8/h2-5,7,12H,6H2,1H3,(H,11,13)(H,14,15)(H,16,17)/t7-/m0/s1.